The van der Waals surface area contributed by atoms with Gasteiger partial charge in [-0.25, -0.2) is 14.4 Å². The van der Waals surface area contributed by atoms with Crippen LogP contribution in [-0.4, -0.2) is 58.2 Å². The first-order chi connectivity index (χ1) is 21.0. The quantitative estimate of drug-likeness (QED) is 0.181. The van der Waals surface area contributed by atoms with Crippen LogP contribution in [0.25, 0.3) is 21.5 Å². The minimum absolute atomic E-state index is 0.0467. The highest BCUT2D eigenvalue weighted by molar-refractivity contribution is 7.22. The number of ether oxygens (including phenoxy) is 1. The minimum atomic E-state index is -5.38. The van der Waals surface area contributed by atoms with Crippen LogP contribution in [-0.2, 0) is 20.6 Å². The first-order valence-electron chi connectivity index (χ1n) is 13.3. The molecule has 5 rings (SSSR count). The van der Waals surface area contributed by atoms with Crippen LogP contribution in [0.1, 0.15) is 35.5 Å². The standard InChI is InChI=1S/C29H26F4N6O5S/c1-13(34)23(40)39-26-37-18-8-5-15(9-19(18)45-26)24(41)36-11-28(43,29(31,32)33)20-10-17-22(44-12-27(17,2)25(35)42)21(38-20)14-3-6-16(30)7-4-14/h3-10,13,43H,11-12,34H2,1-2H3,(H2,35,42)(H,36,41)(H,37,39,40)/t13-,27-,28-/m0/s1. The monoisotopic (exact) mass is 646 g/mol. The van der Waals surface area contributed by atoms with E-state index in [1.165, 1.54) is 44.2 Å². The van der Waals surface area contributed by atoms with Gasteiger partial charge in [0.05, 0.1) is 28.5 Å². The van der Waals surface area contributed by atoms with Gasteiger partial charge in [-0.2, -0.15) is 13.2 Å². The number of nitrogens with one attached hydrogen (secondary N) is 2. The molecule has 2 aromatic heterocycles. The van der Waals surface area contributed by atoms with Gasteiger partial charge < -0.3 is 31.9 Å². The number of aromatic nitrogens is 2. The van der Waals surface area contributed by atoms with E-state index in [2.05, 4.69) is 20.6 Å². The fourth-order valence-corrected chi connectivity index (χ4v) is 5.50. The summed E-state index contributed by atoms with van der Waals surface area (Å²) in [6.07, 6.45) is -5.38. The summed E-state index contributed by atoms with van der Waals surface area (Å²) < 4.78 is 63.7. The van der Waals surface area contributed by atoms with E-state index in [1.54, 1.807) is 0 Å². The summed E-state index contributed by atoms with van der Waals surface area (Å²) in [4.78, 5) is 45.6. The van der Waals surface area contributed by atoms with Crippen molar-refractivity contribution in [2.45, 2.75) is 37.1 Å². The van der Waals surface area contributed by atoms with E-state index < -0.39 is 59.0 Å². The minimum Gasteiger partial charge on any atom is -0.489 e. The number of amides is 3. The summed E-state index contributed by atoms with van der Waals surface area (Å²) in [5, 5.41) is 16.1. The molecule has 0 fully saturated rings. The number of nitrogens with two attached hydrogens (primary N) is 2. The number of fused-ring (bicyclic) bond motifs is 2. The van der Waals surface area contributed by atoms with Crippen molar-refractivity contribution in [3.8, 4) is 17.0 Å². The number of carbonyl (C=O) groups excluding carboxylic acids is 3. The predicted molar refractivity (Wildman–Crippen MR) is 156 cm³/mol. The van der Waals surface area contributed by atoms with Crippen molar-refractivity contribution < 1.29 is 41.8 Å². The highest BCUT2D eigenvalue weighted by Gasteiger charge is 2.57. The fraction of sp³-hybridized carbons (Fsp3) is 0.276. The maximum absolute atomic E-state index is 14.6. The Balaban J connectivity index is 1.50. The largest absolute Gasteiger partial charge is 0.489 e. The van der Waals surface area contributed by atoms with E-state index in [4.69, 9.17) is 16.2 Å². The molecular formula is C29H26F4N6O5S. The summed E-state index contributed by atoms with van der Waals surface area (Å²) >= 11 is 1.02. The van der Waals surface area contributed by atoms with Gasteiger partial charge in [-0.1, -0.05) is 11.3 Å². The average Bonchev–Trinajstić information content (AvgIpc) is 3.55. The van der Waals surface area contributed by atoms with Gasteiger partial charge >= 0.3 is 6.18 Å². The average molecular weight is 647 g/mol. The zero-order valence-corrected chi connectivity index (χ0v) is 24.5. The Morgan fingerprint density at radius 3 is 2.44 bits per heavy atom. The van der Waals surface area contributed by atoms with Gasteiger partial charge in [0.1, 0.15) is 29.3 Å². The van der Waals surface area contributed by atoms with Crippen LogP contribution >= 0.6 is 11.3 Å². The molecule has 45 heavy (non-hydrogen) atoms. The number of aliphatic hydroxyl groups is 1. The summed E-state index contributed by atoms with van der Waals surface area (Å²) in [5.41, 5.74) is 5.11. The lowest BCUT2D eigenvalue weighted by Gasteiger charge is -2.31. The van der Waals surface area contributed by atoms with E-state index in [-0.39, 0.29) is 39.9 Å². The summed E-state index contributed by atoms with van der Waals surface area (Å²) in [7, 11) is 0. The molecule has 0 unspecified atom stereocenters. The van der Waals surface area contributed by atoms with E-state index in [1.807, 2.05) is 0 Å². The third-order valence-electron chi connectivity index (χ3n) is 7.43. The topological polar surface area (TPSA) is 183 Å². The molecule has 1 aliphatic heterocycles. The third kappa shape index (κ3) is 5.79. The molecule has 0 saturated carbocycles. The van der Waals surface area contributed by atoms with Gasteiger partial charge in [-0.3, -0.25) is 14.4 Å². The van der Waals surface area contributed by atoms with Crippen LogP contribution in [0, 0.1) is 5.82 Å². The van der Waals surface area contributed by atoms with Gasteiger partial charge in [-0.05, 0) is 62.4 Å². The lowest BCUT2D eigenvalue weighted by molar-refractivity contribution is -0.265. The maximum atomic E-state index is 14.6. The number of anilines is 1. The van der Waals surface area contributed by atoms with Gasteiger partial charge in [-0.15, -0.1) is 0 Å². The molecule has 1 aliphatic rings. The van der Waals surface area contributed by atoms with Gasteiger partial charge in [0.2, 0.25) is 17.4 Å². The third-order valence-corrected chi connectivity index (χ3v) is 8.36. The summed E-state index contributed by atoms with van der Waals surface area (Å²) in [6.45, 7) is 1.18. The summed E-state index contributed by atoms with van der Waals surface area (Å²) in [6, 6.07) is 8.83. The zero-order valence-electron chi connectivity index (χ0n) is 23.7. The van der Waals surface area contributed by atoms with Crippen LogP contribution in [0.15, 0.2) is 48.5 Å². The molecule has 4 aromatic rings. The molecule has 0 bridgehead atoms. The highest BCUT2D eigenvalue weighted by atomic mass is 32.1. The maximum Gasteiger partial charge on any atom is 0.424 e. The van der Waals surface area contributed by atoms with Gasteiger partial charge in [0.15, 0.2) is 5.13 Å². The predicted octanol–water partition coefficient (Wildman–Crippen LogP) is 3.10. The number of hydrogen-bond donors (Lipinski definition) is 5. The Morgan fingerprint density at radius 1 is 1.13 bits per heavy atom. The fourth-order valence-electron chi connectivity index (χ4n) is 4.59. The lowest BCUT2D eigenvalue weighted by Crippen LogP contribution is -2.51. The first-order valence-corrected chi connectivity index (χ1v) is 14.1. The molecule has 3 amide bonds. The molecule has 3 heterocycles. The highest BCUT2D eigenvalue weighted by Crippen LogP contribution is 2.47. The van der Waals surface area contributed by atoms with Crippen molar-refractivity contribution in [2.75, 3.05) is 18.5 Å². The van der Waals surface area contributed by atoms with E-state index in [9.17, 15) is 37.1 Å². The molecule has 7 N–H and O–H groups in total. The first kappa shape index (κ1) is 31.7. The van der Waals surface area contributed by atoms with Gasteiger partial charge in [0, 0.05) is 16.7 Å². The molecule has 16 heteroatoms. The van der Waals surface area contributed by atoms with E-state index >= 15 is 0 Å². The number of benzene rings is 2. The van der Waals surface area contributed by atoms with Crippen LogP contribution < -0.4 is 26.8 Å². The number of rotatable bonds is 8. The van der Waals surface area contributed by atoms with Crippen molar-refractivity contribution in [3.05, 3.63) is 71.2 Å². The summed E-state index contributed by atoms with van der Waals surface area (Å²) in [5.74, 6) is -3.00. The Kier molecular flexibility index (Phi) is 8.01. The zero-order chi connectivity index (χ0) is 32.9. The van der Waals surface area contributed by atoms with Crippen LogP contribution in [0.2, 0.25) is 0 Å². The van der Waals surface area contributed by atoms with Crippen LogP contribution in [0.5, 0.6) is 5.75 Å². The Bertz CT molecular complexity index is 1830. The number of primary amides is 1. The Hall–Kier alpha value is -4.67. The number of halogens is 4. The number of nitrogens with zero attached hydrogens (tertiary/aromatic N) is 2. The Morgan fingerprint density at radius 2 is 1.82 bits per heavy atom. The van der Waals surface area contributed by atoms with Gasteiger partial charge in [0.25, 0.3) is 5.91 Å². The van der Waals surface area contributed by atoms with Crippen LogP contribution in [0.4, 0.5) is 22.7 Å². The molecule has 0 spiro atoms. The molecule has 0 aliphatic carbocycles. The van der Waals surface area contributed by atoms with Crippen molar-refractivity contribution >= 4 is 44.4 Å². The number of carbonyl (C=O) groups is 3. The second-order valence-corrected chi connectivity index (χ2v) is 11.8. The van der Waals surface area contributed by atoms with E-state index in [0.29, 0.717) is 10.2 Å². The molecular weight excluding hydrogens is 620 g/mol. The normalized spacial score (nSPS) is 18.0. The van der Waals surface area contributed by atoms with Crippen molar-refractivity contribution in [1.29, 1.82) is 0 Å². The van der Waals surface area contributed by atoms with Crippen LogP contribution in [0.3, 0.4) is 0 Å². The van der Waals surface area contributed by atoms with Crippen molar-refractivity contribution in [1.82, 2.24) is 15.3 Å². The number of pyridine rings is 1. The van der Waals surface area contributed by atoms with E-state index in [0.717, 1.165) is 29.5 Å². The molecule has 0 radical (unpaired) electrons. The lowest BCUT2D eigenvalue weighted by atomic mass is 9.81. The molecule has 11 nitrogen and oxygen atoms in total. The smallest absolute Gasteiger partial charge is 0.424 e. The second-order valence-electron chi connectivity index (χ2n) is 10.7. The second kappa shape index (κ2) is 11.4. The molecule has 3 atom stereocenters. The molecule has 0 saturated heterocycles. The molecule has 236 valence electrons. The SMILES string of the molecule is C[C@H](N)C(=O)Nc1nc2ccc(C(=O)NC[C@](O)(c3cc4c(c(-c5ccc(F)cc5)n3)OC[C@]4(C)C(N)=O)C(F)(F)F)cc2s1. The van der Waals surface area contributed by atoms with Crippen molar-refractivity contribution in [2.24, 2.45) is 11.5 Å². The number of hydrogen-bond acceptors (Lipinski definition) is 9. The number of thiazole rings is 1. The van der Waals surface area contributed by atoms with Crippen molar-refractivity contribution in [3.63, 3.8) is 0 Å². The molecule has 2 aromatic carbocycles. The Labute approximate surface area is 256 Å². The number of alkyl halides is 3.